The molecule has 3 heterocycles. The molecule has 0 bridgehead atoms. The van der Waals surface area contributed by atoms with Crippen LogP contribution in [-0.2, 0) is 9.53 Å². The molecule has 8 nitrogen and oxygen atoms in total. The minimum Gasteiger partial charge on any atom is -0.477 e. The number of rotatable bonds is 7. The second kappa shape index (κ2) is 9.84. The molecule has 2 aliphatic heterocycles. The number of carbonyl (C=O) groups excluding carboxylic acids is 2. The summed E-state index contributed by atoms with van der Waals surface area (Å²) in [5.74, 6) is 0.371. The molecule has 1 aromatic heterocycles. The van der Waals surface area contributed by atoms with Gasteiger partial charge in [0.05, 0.1) is 19.8 Å². The lowest BCUT2D eigenvalue weighted by molar-refractivity contribution is -0.136. The quantitative estimate of drug-likeness (QED) is 0.745. The molecule has 154 valence electrons. The van der Waals surface area contributed by atoms with Gasteiger partial charge in [0.1, 0.15) is 5.56 Å². The van der Waals surface area contributed by atoms with E-state index in [4.69, 9.17) is 9.47 Å². The molecule has 2 atom stereocenters. The van der Waals surface area contributed by atoms with E-state index in [9.17, 15) is 9.59 Å². The Labute approximate surface area is 166 Å². The lowest BCUT2D eigenvalue weighted by Crippen LogP contribution is -2.45. The van der Waals surface area contributed by atoms with E-state index in [1.165, 1.54) is 0 Å². The highest BCUT2D eigenvalue weighted by Crippen LogP contribution is 2.25. The summed E-state index contributed by atoms with van der Waals surface area (Å²) in [5.41, 5.74) is 0.448. The van der Waals surface area contributed by atoms with E-state index in [1.807, 2.05) is 18.9 Å². The SMILES string of the molecule is CCOc1ncccc1C(=O)NC[C@@H]1CC[C@H](CC(=O)N2CCOCC2)N1C. The molecule has 3 rings (SSSR count). The maximum atomic E-state index is 12.5. The summed E-state index contributed by atoms with van der Waals surface area (Å²) >= 11 is 0. The van der Waals surface area contributed by atoms with Crippen LogP contribution in [0.1, 0.15) is 36.5 Å². The van der Waals surface area contributed by atoms with Gasteiger partial charge >= 0.3 is 0 Å². The number of nitrogens with one attached hydrogen (secondary N) is 1. The van der Waals surface area contributed by atoms with Gasteiger partial charge in [0.2, 0.25) is 11.8 Å². The number of nitrogens with zero attached hydrogens (tertiary/aromatic N) is 3. The van der Waals surface area contributed by atoms with Gasteiger partial charge < -0.3 is 19.7 Å². The van der Waals surface area contributed by atoms with E-state index in [0.29, 0.717) is 57.3 Å². The van der Waals surface area contributed by atoms with Crippen molar-refractivity contribution in [1.82, 2.24) is 20.1 Å². The van der Waals surface area contributed by atoms with Crippen molar-refractivity contribution in [2.45, 2.75) is 38.3 Å². The molecule has 0 radical (unpaired) electrons. The summed E-state index contributed by atoms with van der Waals surface area (Å²) in [6.07, 6.45) is 4.06. The van der Waals surface area contributed by atoms with Crippen LogP contribution in [0, 0.1) is 0 Å². The van der Waals surface area contributed by atoms with Gasteiger partial charge in [-0.05, 0) is 38.9 Å². The highest BCUT2D eigenvalue weighted by atomic mass is 16.5. The maximum Gasteiger partial charge on any atom is 0.256 e. The molecule has 2 saturated heterocycles. The van der Waals surface area contributed by atoms with E-state index in [0.717, 1.165) is 12.8 Å². The van der Waals surface area contributed by atoms with Gasteiger partial charge in [-0.25, -0.2) is 4.98 Å². The number of aromatic nitrogens is 1. The maximum absolute atomic E-state index is 12.5. The fourth-order valence-corrected chi connectivity index (χ4v) is 3.85. The largest absolute Gasteiger partial charge is 0.477 e. The van der Waals surface area contributed by atoms with Crippen molar-refractivity contribution < 1.29 is 19.1 Å². The Hall–Kier alpha value is -2.19. The molecule has 0 saturated carbocycles. The molecule has 1 N–H and O–H groups in total. The Balaban J connectivity index is 1.49. The molecule has 1 aromatic rings. The number of morpholine rings is 1. The van der Waals surface area contributed by atoms with Crippen LogP contribution in [0.4, 0.5) is 0 Å². The van der Waals surface area contributed by atoms with Crippen LogP contribution in [-0.4, -0.2) is 85.2 Å². The summed E-state index contributed by atoms with van der Waals surface area (Å²) < 4.78 is 10.8. The van der Waals surface area contributed by atoms with Gasteiger partial charge in [-0.15, -0.1) is 0 Å². The predicted octanol–water partition coefficient (Wildman–Crippen LogP) is 0.922. The summed E-state index contributed by atoms with van der Waals surface area (Å²) in [6, 6.07) is 3.88. The second-order valence-corrected chi connectivity index (χ2v) is 7.25. The van der Waals surface area contributed by atoms with Crippen LogP contribution in [0.3, 0.4) is 0 Å². The van der Waals surface area contributed by atoms with E-state index in [1.54, 1.807) is 18.3 Å². The summed E-state index contributed by atoms with van der Waals surface area (Å²) in [6.45, 7) is 5.48. The van der Waals surface area contributed by atoms with Gasteiger partial charge in [0.15, 0.2) is 0 Å². The zero-order valence-corrected chi connectivity index (χ0v) is 16.7. The van der Waals surface area contributed by atoms with Gasteiger partial charge in [0, 0.05) is 44.3 Å². The molecule has 2 amide bonds. The minimum absolute atomic E-state index is 0.183. The van der Waals surface area contributed by atoms with Crippen LogP contribution < -0.4 is 10.1 Å². The average molecular weight is 390 g/mol. The van der Waals surface area contributed by atoms with E-state index in [2.05, 4.69) is 15.2 Å². The van der Waals surface area contributed by atoms with Gasteiger partial charge in [-0.3, -0.25) is 14.5 Å². The predicted molar refractivity (Wildman–Crippen MR) is 104 cm³/mol. The van der Waals surface area contributed by atoms with Crippen molar-refractivity contribution in [3.8, 4) is 5.88 Å². The van der Waals surface area contributed by atoms with Crippen LogP contribution >= 0.6 is 0 Å². The number of pyridine rings is 1. The highest BCUT2D eigenvalue weighted by Gasteiger charge is 2.33. The van der Waals surface area contributed by atoms with Crippen LogP contribution in [0.25, 0.3) is 0 Å². The van der Waals surface area contributed by atoms with Crippen molar-refractivity contribution >= 4 is 11.8 Å². The molecule has 28 heavy (non-hydrogen) atoms. The summed E-state index contributed by atoms with van der Waals surface area (Å²) in [5, 5.41) is 2.99. The van der Waals surface area contributed by atoms with Crippen molar-refractivity contribution in [1.29, 1.82) is 0 Å². The zero-order valence-electron chi connectivity index (χ0n) is 16.7. The number of carbonyl (C=O) groups is 2. The van der Waals surface area contributed by atoms with Crippen LogP contribution in [0.2, 0.25) is 0 Å². The molecule has 2 aliphatic rings. The first-order valence-electron chi connectivity index (χ1n) is 10.0. The van der Waals surface area contributed by atoms with E-state index >= 15 is 0 Å². The number of hydrogen-bond acceptors (Lipinski definition) is 6. The van der Waals surface area contributed by atoms with Crippen molar-refractivity contribution in [3.05, 3.63) is 23.9 Å². The Morgan fingerprint density at radius 3 is 2.79 bits per heavy atom. The molecule has 8 heteroatoms. The first kappa shape index (κ1) is 20.5. The normalized spacial score (nSPS) is 22.9. The van der Waals surface area contributed by atoms with E-state index < -0.39 is 0 Å². The first-order chi connectivity index (χ1) is 13.6. The number of hydrogen-bond donors (Lipinski definition) is 1. The molecule has 0 spiro atoms. The summed E-state index contributed by atoms with van der Waals surface area (Å²) in [4.78, 5) is 33.3. The standard InChI is InChI=1S/C20H30N4O4/c1-3-28-20-17(5-4-8-21-20)19(26)22-14-16-7-6-15(23(16)2)13-18(25)24-9-11-27-12-10-24/h4-5,8,15-16H,3,6-7,9-14H2,1-2H3,(H,22,26)/t15-,16+/m1/s1. The third-order valence-corrected chi connectivity index (χ3v) is 5.55. The third-order valence-electron chi connectivity index (χ3n) is 5.55. The Morgan fingerprint density at radius 1 is 1.29 bits per heavy atom. The lowest BCUT2D eigenvalue weighted by Gasteiger charge is -2.30. The molecule has 0 aliphatic carbocycles. The van der Waals surface area contributed by atoms with Crippen LogP contribution in [0.5, 0.6) is 5.88 Å². The molecule has 0 aromatic carbocycles. The van der Waals surface area contributed by atoms with Crippen LogP contribution in [0.15, 0.2) is 18.3 Å². The van der Waals surface area contributed by atoms with Crippen molar-refractivity contribution in [2.24, 2.45) is 0 Å². The fourth-order valence-electron chi connectivity index (χ4n) is 3.85. The molecule has 2 fully saturated rings. The molecule has 0 unspecified atom stereocenters. The number of likely N-dealkylation sites (tertiary alicyclic amines) is 1. The van der Waals surface area contributed by atoms with Crippen molar-refractivity contribution in [3.63, 3.8) is 0 Å². The molecular formula is C20H30N4O4. The van der Waals surface area contributed by atoms with Gasteiger partial charge in [-0.1, -0.05) is 0 Å². The summed E-state index contributed by atoms with van der Waals surface area (Å²) in [7, 11) is 2.04. The van der Waals surface area contributed by atoms with Gasteiger partial charge in [-0.2, -0.15) is 0 Å². The minimum atomic E-state index is -0.183. The Kier molecular flexibility index (Phi) is 7.22. The smallest absolute Gasteiger partial charge is 0.256 e. The topological polar surface area (TPSA) is 84.0 Å². The zero-order chi connectivity index (χ0) is 19.9. The first-order valence-corrected chi connectivity index (χ1v) is 10.0. The number of likely N-dealkylation sites (N-methyl/N-ethyl adjacent to an activating group) is 1. The van der Waals surface area contributed by atoms with E-state index in [-0.39, 0.29) is 23.9 Å². The average Bonchev–Trinajstić information content (AvgIpc) is 3.07. The third kappa shape index (κ3) is 4.99. The van der Waals surface area contributed by atoms with Crippen molar-refractivity contribution in [2.75, 3.05) is 46.5 Å². The Bertz CT molecular complexity index is 678. The highest BCUT2D eigenvalue weighted by molar-refractivity contribution is 5.96. The number of amides is 2. The number of ether oxygens (including phenoxy) is 2. The second-order valence-electron chi connectivity index (χ2n) is 7.25. The van der Waals surface area contributed by atoms with Gasteiger partial charge in [0.25, 0.3) is 5.91 Å². The lowest BCUT2D eigenvalue weighted by atomic mass is 10.1. The molecular weight excluding hydrogens is 360 g/mol. The fraction of sp³-hybridized carbons (Fsp3) is 0.650. The Morgan fingerprint density at radius 2 is 2.04 bits per heavy atom. The monoisotopic (exact) mass is 390 g/mol.